The molecule has 0 spiro atoms. The minimum Gasteiger partial charge on any atom is -0.313 e. The van der Waals surface area contributed by atoms with E-state index in [4.69, 9.17) is 0 Å². The van der Waals surface area contributed by atoms with Crippen LogP contribution in [0.15, 0.2) is 18.2 Å². The number of fused-ring (bicyclic) bond motifs is 1. The van der Waals surface area contributed by atoms with Gasteiger partial charge in [0.05, 0.1) is 0 Å². The first-order valence-electron chi connectivity index (χ1n) is 8.53. The fourth-order valence-corrected chi connectivity index (χ4v) is 3.87. The van der Waals surface area contributed by atoms with Crippen molar-refractivity contribution in [2.75, 3.05) is 19.6 Å². The fourth-order valence-electron chi connectivity index (χ4n) is 3.87. The van der Waals surface area contributed by atoms with Crippen LogP contribution >= 0.6 is 0 Å². The molecule has 0 saturated carbocycles. The Kier molecular flexibility index (Phi) is 4.91. The molecule has 0 radical (unpaired) electrons. The topological polar surface area (TPSA) is 15.3 Å². The summed E-state index contributed by atoms with van der Waals surface area (Å²) in [4.78, 5) is 2.65. The van der Waals surface area contributed by atoms with Crippen LogP contribution < -0.4 is 5.32 Å². The Morgan fingerprint density at radius 2 is 2.24 bits per heavy atom. The maximum Gasteiger partial charge on any atom is 0.123 e. The molecule has 1 N–H and O–H groups in total. The average Bonchev–Trinajstić information content (AvgIpc) is 3.12. The zero-order valence-corrected chi connectivity index (χ0v) is 13.1. The van der Waals surface area contributed by atoms with Crippen molar-refractivity contribution < 1.29 is 4.39 Å². The van der Waals surface area contributed by atoms with Crippen molar-refractivity contribution in [3.63, 3.8) is 0 Å². The van der Waals surface area contributed by atoms with Crippen LogP contribution in [-0.4, -0.2) is 30.6 Å². The average molecular weight is 290 g/mol. The Labute approximate surface area is 127 Å². The molecule has 1 aromatic carbocycles. The van der Waals surface area contributed by atoms with E-state index in [1.807, 2.05) is 6.07 Å². The third kappa shape index (κ3) is 3.46. The van der Waals surface area contributed by atoms with Gasteiger partial charge in [-0.15, -0.1) is 0 Å². The van der Waals surface area contributed by atoms with Gasteiger partial charge >= 0.3 is 0 Å². The van der Waals surface area contributed by atoms with E-state index in [2.05, 4.69) is 17.1 Å². The minimum absolute atomic E-state index is 0.0908. The molecule has 2 unspecified atom stereocenters. The first kappa shape index (κ1) is 15.0. The van der Waals surface area contributed by atoms with Crippen LogP contribution in [0.1, 0.15) is 56.2 Å². The van der Waals surface area contributed by atoms with Gasteiger partial charge in [0, 0.05) is 18.6 Å². The predicted molar refractivity (Wildman–Crippen MR) is 85.0 cm³/mol. The molecular formula is C18H27FN2. The van der Waals surface area contributed by atoms with E-state index in [0.717, 1.165) is 25.9 Å². The molecule has 3 heteroatoms. The van der Waals surface area contributed by atoms with Crippen molar-refractivity contribution in [1.29, 1.82) is 0 Å². The van der Waals surface area contributed by atoms with Crippen molar-refractivity contribution in [3.05, 3.63) is 35.1 Å². The number of nitrogens with one attached hydrogen (secondary N) is 1. The van der Waals surface area contributed by atoms with Crippen LogP contribution in [0.25, 0.3) is 0 Å². The number of benzene rings is 1. The van der Waals surface area contributed by atoms with Crippen LogP contribution in [0.5, 0.6) is 0 Å². The van der Waals surface area contributed by atoms with Crippen LogP contribution in [0.4, 0.5) is 4.39 Å². The van der Waals surface area contributed by atoms with Crippen molar-refractivity contribution >= 4 is 0 Å². The van der Waals surface area contributed by atoms with E-state index in [9.17, 15) is 4.39 Å². The van der Waals surface area contributed by atoms with E-state index in [1.54, 1.807) is 12.1 Å². The van der Waals surface area contributed by atoms with Crippen molar-refractivity contribution in [2.24, 2.45) is 0 Å². The van der Waals surface area contributed by atoms with Crippen molar-refractivity contribution in [2.45, 2.75) is 57.5 Å². The van der Waals surface area contributed by atoms with Gasteiger partial charge in [-0.3, -0.25) is 4.90 Å². The lowest BCUT2D eigenvalue weighted by atomic mass is 10.0. The van der Waals surface area contributed by atoms with Crippen LogP contribution in [0.3, 0.4) is 0 Å². The summed E-state index contributed by atoms with van der Waals surface area (Å²) in [6.07, 6.45) is 7.26. The van der Waals surface area contributed by atoms with Gasteiger partial charge in [0.2, 0.25) is 0 Å². The molecule has 2 aliphatic rings. The summed E-state index contributed by atoms with van der Waals surface area (Å²) in [5, 5.41) is 3.62. The van der Waals surface area contributed by atoms with Gasteiger partial charge in [-0.1, -0.05) is 19.4 Å². The molecule has 0 aromatic heterocycles. The standard InChI is InChI=1S/C18H27FN2/c1-2-3-11-21(13-16-5-4-10-20-16)18-9-6-14-12-15(19)7-8-17(14)18/h7-8,12,16,18,20H,2-6,9-11,13H2,1H3. The van der Waals surface area contributed by atoms with Gasteiger partial charge in [-0.05, 0) is 68.5 Å². The molecule has 1 saturated heterocycles. The molecule has 1 aromatic rings. The van der Waals surface area contributed by atoms with E-state index < -0.39 is 0 Å². The minimum atomic E-state index is -0.0908. The van der Waals surface area contributed by atoms with Gasteiger partial charge in [-0.25, -0.2) is 4.39 Å². The summed E-state index contributed by atoms with van der Waals surface area (Å²) in [6, 6.07) is 6.52. The van der Waals surface area contributed by atoms with Gasteiger partial charge in [0.1, 0.15) is 5.82 Å². The summed E-state index contributed by atoms with van der Waals surface area (Å²) in [5.74, 6) is -0.0908. The van der Waals surface area contributed by atoms with Crippen molar-refractivity contribution in [3.8, 4) is 0 Å². The summed E-state index contributed by atoms with van der Waals surface area (Å²) in [7, 11) is 0. The zero-order chi connectivity index (χ0) is 14.7. The van der Waals surface area contributed by atoms with E-state index >= 15 is 0 Å². The summed E-state index contributed by atoms with van der Waals surface area (Å²) < 4.78 is 13.4. The van der Waals surface area contributed by atoms with Gasteiger partial charge in [-0.2, -0.15) is 0 Å². The molecule has 1 aliphatic heterocycles. The van der Waals surface area contributed by atoms with Gasteiger partial charge in [0.15, 0.2) is 0 Å². The summed E-state index contributed by atoms with van der Waals surface area (Å²) >= 11 is 0. The monoisotopic (exact) mass is 290 g/mol. The number of hydrogen-bond donors (Lipinski definition) is 1. The first-order chi connectivity index (χ1) is 10.3. The van der Waals surface area contributed by atoms with Gasteiger partial charge in [0.25, 0.3) is 0 Å². The second-order valence-corrected chi connectivity index (χ2v) is 6.54. The highest BCUT2D eigenvalue weighted by molar-refractivity contribution is 5.35. The Hall–Kier alpha value is -0.930. The third-order valence-corrected chi connectivity index (χ3v) is 5.01. The quantitative estimate of drug-likeness (QED) is 0.860. The maximum absolute atomic E-state index is 13.4. The van der Waals surface area contributed by atoms with Crippen LogP contribution in [-0.2, 0) is 6.42 Å². The highest BCUT2D eigenvalue weighted by Gasteiger charge is 2.29. The molecule has 116 valence electrons. The third-order valence-electron chi connectivity index (χ3n) is 5.01. The number of halogens is 1. The first-order valence-corrected chi connectivity index (χ1v) is 8.53. The van der Waals surface area contributed by atoms with E-state index in [-0.39, 0.29) is 5.82 Å². The van der Waals surface area contributed by atoms with E-state index in [0.29, 0.717) is 12.1 Å². The lowest BCUT2D eigenvalue weighted by molar-refractivity contribution is 0.177. The van der Waals surface area contributed by atoms with Crippen LogP contribution in [0.2, 0.25) is 0 Å². The largest absolute Gasteiger partial charge is 0.313 e. The highest BCUT2D eigenvalue weighted by Crippen LogP contribution is 2.36. The molecule has 0 amide bonds. The van der Waals surface area contributed by atoms with Gasteiger partial charge < -0.3 is 5.32 Å². The van der Waals surface area contributed by atoms with Crippen molar-refractivity contribution in [1.82, 2.24) is 10.2 Å². The fraction of sp³-hybridized carbons (Fsp3) is 0.667. The molecule has 1 fully saturated rings. The smallest absolute Gasteiger partial charge is 0.123 e. The summed E-state index contributed by atoms with van der Waals surface area (Å²) in [6.45, 7) is 5.72. The Balaban J connectivity index is 1.74. The number of nitrogens with zero attached hydrogens (tertiary/aromatic N) is 1. The highest BCUT2D eigenvalue weighted by atomic mass is 19.1. The molecule has 21 heavy (non-hydrogen) atoms. The second-order valence-electron chi connectivity index (χ2n) is 6.54. The Morgan fingerprint density at radius 3 is 3.00 bits per heavy atom. The molecule has 1 aliphatic carbocycles. The SMILES string of the molecule is CCCCN(CC1CCCN1)C1CCc2cc(F)ccc21. The number of hydrogen-bond acceptors (Lipinski definition) is 2. The Bertz CT molecular complexity index is 468. The molecular weight excluding hydrogens is 263 g/mol. The summed E-state index contributed by atoms with van der Waals surface area (Å²) in [5.41, 5.74) is 2.59. The lowest BCUT2D eigenvalue weighted by Gasteiger charge is -2.32. The molecule has 3 rings (SSSR count). The predicted octanol–water partition coefficient (Wildman–Crippen LogP) is 3.67. The maximum atomic E-state index is 13.4. The number of aryl methyl sites for hydroxylation is 1. The van der Waals surface area contributed by atoms with Crippen LogP contribution in [0, 0.1) is 5.82 Å². The van der Waals surface area contributed by atoms with E-state index in [1.165, 1.54) is 43.4 Å². The second kappa shape index (κ2) is 6.89. The Morgan fingerprint density at radius 1 is 1.33 bits per heavy atom. The lowest BCUT2D eigenvalue weighted by Crippen LogP contribution is -2.39. The molecule has 2 atom stereocenters. The normalized spacial score (nSPS) is 24.7. The molecule has 0 bridgehead atoms. The molecule has 1 heterocycles. The zero-order valence-electron chi connectivity index (χ0n) is 13.1. The number of rotatable bonds is 6. The number of unbranched alkanes of at least 4 members (excludes halogenated alkanes) is 1. The molecule has 2 nitrogen and oxygen atoms in total.